The van der Waals surface area contributed by atoms with Crippen LogP contribution in [-0.4, -0.2) is 31.7 Å². The molecule has 1 N–H and O–H groups in total. The van der Waals surface area contributed by atoms with Crippen molar-refractivity contribution in [1.82, 2.24) is 9.99 Å². The highest BCUT2D eigenvalue weighted by molar-refractivity contribution is 7.92. The Morgan fingerprint density at radius 1 is 0.947 bits per heavy atom. The van der Waals surface area contributed by atoms with E-state index in [0.29, 0.717) is 5.69 Å². The number of nitrogens with zero attached hydrogens (tertiary/aromatic N) is 3. The number of aryl methyl sites for hydroxylation is 3. The summed E-state index contributed by atoms with van der Waals surface area (Å²) in [7, 11) is -4.15. The summed E-state index contributed by atoms with van der Waals surface area (Å²) in [5, 5.41) is 4.09. The van der Waals surface area contributed by atoms with Gasteiger partial charge in [0.15, 0.2) is 0 Å². The summed E-state index contributed by atoms with van der Waals surface area (Å²) in [6, 6.07) is 21.3. The van der Waals surface area contributed by atoms with E-state index in [-0.39, 0.29) is 4.90 Å². The predicted molar refractivity (Wildman–Crippen MR) is 148 cm³/mol. The molecule has 0 fully saturated rings. The second-order valence-corrected chi connectivity index (χ2v) is 11.0. The maximum absolute atomic E-state index is 13.4. The molecule has 4 aromatic rings. The van der Waals surface area contributed by atoms with Gasteiger partial charge in [-0.25, -0.2) is 18.2 Å². The maximum Gasteiger partial charge on any atom is 0.264 e. The van der Waals surface area contributed by atoms with Gasteiger partial charge in [-0.1, -0.05) is 29.8 Å². The van der Waals surface area contributed by atoms with Crippen molar-refractivity contribution in [3.63, 3.8) is 0 Å². The van der Waals surface area contributed by atoms with Gasteiger partial charge in [0.05, 0.1) is 16.8 Å². The van der Waals surface area contributed by atoms with Gasteiger partial charge in [-0.3, -0.25) is 9.10 Å². The molecule has 1 amide bonds. The summed E-state index contributed by atoms with van der Waals surface area (Å²) in [6.07, 6.45) is 1.54. The van der Waals surface area contributed by atoms with Gasteiger partial charge in [0.2, 0.25) is 0 Å². The number of amides is 1. The summed E-state index contributed by atoms with van der Waals surface area (Å²) < 4.78 is 43.3. The number of carbonyl (C=O) groups excluding carboxylic acids is 1. The Balaban J connectivity index is 1.55. The van der Waals surface area contributed by atoms with Gasteiger partial charge in [-0.15, -0.1) is 0 Å². The standard InChI is InChI=1S/C29H29FN4O3S/c1-20-8-12-26(13-9-20)33(38(36,37)28-14-10-25(30)11-15-28)19-29(35)32-31-18-24-17-22(3)34(23(24)4)27-7-5-6-21(2)16-27/h5-18H,19H2,1-4H3,(H,32,35)/b31-18-. The van der Waals surface area contributed by atoms with Gasteiger partial charge in [0, 0.05) is 22.6 Å². The van der Waals surface area contributed by atoms with Gasteiger partial charge in [0.25, 0.3) is 15.9 Å². The molecule has 196 valence electrons. The molecule has 0 atom stereocenters. The van der Waals surface area contributed by atoms with Crippen molar-refractivity contribution >= 4 is 27.8 Å². The lowest BCUT2D eigenvalue weighted by Gasteiger charge is -2.23. The largest absolute Gasteiger partial charge is 0.318 e. The maximum atomic E-state index is 13.4. The zero-order valence-corrected chi connectivity index (χ0v) is 22.5. The summed E-state index contributed by atoms with van der Waals surface area (Å²) in [6.45, 7) is 7.35. The molecule has 0 aliphatic carbocycles. The molecule has 0 radical (unpaired) electrons. The van der Waals surface area contributed by atoms with Gasteiger partial charge < -0.3 is 4.57 Å². The third kappa shape index (κ3) is 5.84. The van der Waals surface area contributed by atoms with Crippen LogP contribution in [0.5, 0.6) is 0 Å². The lowest BCUT2D eigenvalue weighted by Crippen LogP contribution is -2.39. The number of hydrogen-bond donors (Lipinski definition) is 1. The van der Waals surface area contributed by atoms with Crippen LogP contribution in [0.4, 0.5) is 10.1 Å². The normalized spacial score (nSPS) is 11.6. The third-order valence-electron chi connectivity index (χ3n) is 6.13. The van der Waals surface area contributed by atoms with E-state index in [9.17, 15) is 17.6 Å². The number of sulfonamides is 1. The van der Waals surface area contributed by atoms with Crippen molar-refractivity contribution in [2.45, 2.75) is 32.6 Å². The number of nitrogens with one attached hydrogen (secondary N) is 1. The molecule has 0 unspecified atom stereocenters. The summed E-state index contributed by atoms with van der Waals surface area (Å²) in [4.78, 5) is 12.7. The van der Waals surface area contributed by atoms with E-state index in [1.165, 1.54) is 18.3 Å². The second-order valence-electron chi connectivity index (χ2n) is 9.10. The van der Waals surface area contributed by atoms with Crippen LogP contribution in [0.3, 0.4) is 0 Å². The Bertz CT molecular complexity index is 1590. The molecular weight excluding hydrogens is 503 g/mol. The van der Waals surface area contributed by atoms with Gasteiger partial charge in [0.1, 0.15) is 12.4 Å². The molecule has 0 bridgehead atoms. The molecule has 0 saturated carbocycles. The van der Waals surface area contributed by atoms with Crippen LogP contribution in [0.15, 0.2) is 88.9 Å². The van der Waals surface area contributed by atoms with Crippen LogP contribution >= 0.6 is 0 Å². The Hall–Kier alpha value is -4.24. The number of aromatic nitrogens is 1. The quantitative estimate of drug-likeness (QED) is 0.250. The summed E-state index contributed by atoms with van der Waals surface area (Å²) in [5.74, 6) is -1.18. The molecule has 1 heterocycles. The Morgan fingerprint density at radius 3 is 2.29 bits per heavy atom. The molecule has 0 spiro atoms. The van der Waals surface area contributed by atoms with Crippen LogP contribution < -0.4 is 9.73 Å². The van der Waals surface area contributed by atoms with Crippen LogP contribution in [0.1, 0.15) is 28.1 Å². The first-order chi connectivity index (χ1) is 18.1. The van der Waals surface area contributed by atoms with Crippen molar-refractivity contribution in [3.8, 4) is 5.69 Å². The van der Waals surface area contributed by atoms with E-state index in [1.54, 1.807) is 24.3 Å². The van der Waals surface area contributed by atoms with Crippen molar-refractivity contribution in [3.05, 3.63) is 113 Å². The van der Waals surface area contributed by atoms with E-state index in [4.69, 9.17) is 0 Å². The zero-order chi connectivity index (χ0) is 27.4. The Kier molecular flexibility index (Phi) is 7.78. The average molecular weight is 533 g/mol. The molecule has 0 aliphatic heterocycles. The molecule has 7 nitrogen and oxygen atoms in total. The monoisotopic (exact) mass is 532 g/mol. The van der Waals surface area contributed by atoms with Crippen LogP contribution in [0.25, 0.3) is 5.69 Å². The fraction of sp³-hybridized carbons (Fsp3) is 0.172. The van der Waals surface area contributed by atoms with E-state index < -0.39 is 28.3 Å². The molecule has 0 aliphatic rings. The van der Waals surface area contributed by atoms with E-state index >= 15 is 0 Å². The van der Waals surface area contributed by atoms with E-state index in [0.717, 1.165) is 50.2 Å². The van der Waals surface area contributed by atoms with Crippen molar-refractivity contribution in [1.29, 1.82) is 0 Å². The second kappa shape index (κ2) is 11.0. The SMILES string of the molecule is Cc1ccc(N(CC(=O)N/N=C\c2cc(C)n(-c3cccc(C)c3)c2C)S(=O)(=O)c2ccc(F)cc2)cc1. The minimum atomic E-state index is -4.15. The third-order valence-corrected chi connectivity index (χ3v) is 7.92. The first-order valence-corrected chi connectivity index (χ1v) is 13.4. The molecule has 0 saturated heterocycles. The van der Waals surface area contributed by atoms with Gasteiger partial charge in [-0.2, -0.15) is 5.10 Å². The predicted octanol–water partition coefficient (Wildman–Crippen LogP) is 5.20. The summed E-state index contributed by atoms with van der Waals surface area (Å²) >= 11 is 0. The molecule has 3 aromatic carbocycles. The van der Waals surface area contributed by atoms with Gasteiger partial charge in [-0.05, 0) is 87.9 Å². The minimum absolute atomic E-state index is 0.126. The first-order valence-electron chi connectivity index (χ1n) is 12.0. The molecule has 1 aromatic heterocycles. The van der Waals surface area contributed by atoms with Crippen LogP contribution in [-0.2, 0) is 14.8 Å². The van der Waals surface area contributed by atoms with E-state index in [1.807, 2.05) is 52.0 Å². The summed E-state index contributed by atoms with van der Waals surface area (Å²) in [5.41, 5.74) is 8.63. The smallest absolute Gasteiger partial charge is 0.264 e. The first kappa shape index (κ1) is 26.8. The Morgan fingerprint density at radius 2 is 1.63 bits per heavy atom. The highest BCUT2D eigenvalue weighted by Gasteiger charge is 2.27. The topological polar surface area (TPSA) is 83.8 Å². The lowest BCUT2D eigenvalue weighted by atomic mass is 10.2. The number of anilines is 1. The molecule has 4 rings (SSSR count). The molecular formula is C29H29FN4O3S. The number of hydrogen-bond acceptors (Lipinski definition) is 4. The van der Waals surface area contributed by atoms with Crippen LogP contribution in [0, 0.1) is 33.5 Å². The zero-order valence-electron chi connectivity index (χ0n) is 21.6. The van der Waals surface area contributed by atoms with Crippen LogP contribution in [0.2, 0.25) is 0 Å². The van der Waals surface area contributed by atoms with Crippen molar-refractivity contribution in [2.75, 3.05) is 10.8 Å². The lowest BCUT2D eigenvalue weighted by molar-refractivity contribution is -0.119. The highest BCUT2D eigenvalue weighted by atomic mass is 32.2. The average Bonchev–Trinajstić information content (AvgIpc) is 3.16. The number of halogens is 1. The molecule has 9 heteroatoms. The fourth-order valence-corrected chi connectivity index (χ4v) is 5.60. The van der Waals surface area contributed by atoms with Crippen molar-refractivity contribution < 1.29 is 17.6 Å². The number of carbonyl (C=O) groups is 1. The number of benzene rings is 3. The fourth-order valence-electron chi connectivity index (χ4n) is 4.18. The highest BCUT2D eigenvalue weighted by Crippen LogP contribution is 2.24. The van der Waals surface area contributed by atoms with E-state index in [2.05, 4.69) is 21.2 Å². The minimum Gasteiger partial charge on any atom is -0.318 e. The van der Waals surface area contributed by atoms with Crippen molar-refractivity contribution in [2.24, 2.45) is 5.10 Å². The number of rotatable bonds is 8. The van der Waals surface area contributed by atoms with Gasteiger partial charge >= 0.3 is 0 Å². The number of hydrazone groups is 1. The molecule has 38 heavy (non-hydrogen) atoms. The Labute approximate surface area is 222 Å².